The first-order valence-corrected chi connectivity index (χ1v) is 24.6. The van der Waals surface area contributed by atoms with E-state index in [9.17, 15) is 0 Å². The Hall–Kier alpha value is -8.60. The molecule has 0 saturated heterocycles. The van der Waals surface area contributed by atoms with Crippen molar-refractivity contribution in [1.82, 2.24) is 0 Å². The molecule has 11 aromatic carbocycles. The maximum atomic E-state index is 17.8. The second kappa shape index (κ2) is 19.0. The van der Waals surface area contributed by atoms with Crippen molar-refractivity contribution in [3.8, 4) is 44.5 Å². The molecular formula is C68H54F2N2. The molecule has 0 aliphatic heterocycles. The van der Waals surface area contributed by atoms with E-state index in [-0.39, 0.29) is 11.6 Å². The highest BCUT2D eigenvalue weighted by Gasteiger charge is 2.25. The first-order valence-electron chi connectivity index (χ1n) is 24.6. The topological polar surface area (TPSA) is 6.48 Å². The van der Waals surface area contributed by atoms with Gasteiger partial charge < -0.3 is 9.80 Å². The van der Waals surface area contributed by atoms with Crippen LogP contribution >= 0.6 is 0 Å². The lowest BCUT2D eigenvalue weighted by molar-refractivity contribution is 0.631. The standard InChI is InChI=1S/C68H54F2N2/c1-43-15-25-51(26-16-43)71(52-27-17-44(2)18-28-52)55-33-37-61(65(69)41-55)67-59-35-23-50(58-14-10-8-12-48(58)6)40-64(59)68(60-36-24-49(39-63(60)67)57-13-9-7-11-47(57)5)62-38-34-56(42-66(62)70)72(53-29-19-45(3)20-30-53)54-31-21-46(4)22-32-54/h7-42H,1-6H3. The van der Waals surface area contributed by atoms with Gasteiger partial charge in [0.1, 0.15) is 11.6 Å². The molecule has 0 aromatic heterocycles. The van der Waals surface area contributed by atoms with E-state index in [0.29, 0.717) is 22.5 Å². The minimum atomic E-state index is -0.362. The van der Waals surface area contributed by atoms with E-state index in [2.05, 4.69) is 209 Å². The Kier molecular flexibility index (Phi) is 12.1. The van der Waals surface area contributed by atoms with Gasteiger partial charge in [0, 0.05) is 56.4 Å². The highest BCUT2D eigenvalue weighted by Crippen LogP contribution is 2.49. The van der Waals surface area contributed by atoms with Crippen LogP contribution in [0, 0.1) is 53.2 Å². The molecule has 4 heteroatoms. The highest BCUT2D eigenvalue weighted by atomic mass is 19.1. The van der Waals surface area contributed by atoms with Crippen LogP contribution in [-0.4, -0.2) is 0 Å². The predicted octanol–water partition coefficient (Wildman–Crippen LogP) is 19.7. The van der Waals surface area contributed by atoms with E-state index in [1.807, 2.05) is 48.5 Å². The molecule has 0 spiro atoms. The molecule has 0 aliphatic carbocycles. The van der Waals surface area contributed by atoms with Crippen molar-refractivity contribution in [2.75, 3.05) is 9.80 Å². The lowest BCUT2D eigenvalue weighted by Crippen LogP contribution is -2.10. The quantitative estimate of drug-likeness (QED) is 0.126. The number of halogens is 2. The molecule has 0 radical (unpaired) electrons. The molecule has 2 nitrogen and oxygen atoms in total. The zero-order valence-corrected chi connectivity index (χ0v) is 41.4. The fourth-order valence-electron chi connectivity index (χ4n) is 10.3. The van der Waals surface area contributed by atoms with Gasteiger partial charge in [-0.3, -0.25) is 0 Å². The molecule has 0 atom stereocenters. The number of nitrogens with zero attached hydrogens (tertiary/aromatic N) is 2. The van der Waals surface area contributed by atoms with Crippen LogP contribution in [0.4, 0.5) is 42.9 Å². The Labute approximate surface area is 421 Å². The van der Waals surface area contributed by atoms with E-state index in [4.69, 9.17) is 0 Å². The minimum absolute atomic E-state index is 0.362. The number of fused-ring (bicyclic) bond motifs is 2. The van der Waals surface area contributed by atoms with E-state index in [0.717, 1.165) is 111 Å². The van der Waals surface area contributed by atoms with E-state index < -0.39 is 0 Å². The summed E-state index contributed by atoms with van der Waals surface area (Å²) in [6, 6.07) is 73.9. The van der Waals surface area contributed by atoms with Crippen LogP contribution in [0.3, 0.4) is 0 Å². The zero-order valence-electron chi connectivity index (χ0n) is 41.4. The Balaban J connectivity index is 1.18. The van der Waals surface area contributed by atoms with Crippen LogP contribution in [0.15, 0.2) is 218 Å². The molecule has 11 aromatic rings. The number of hydrogen-bond donors (Lipinski definition) is 0. The molecule has 72 heavy (non-hydrogen) atoms. The first kappa shape index (κ1) is 45.8. The first-order chi connectivity index (χ1) is 35.0. The van der Waals surface area contributed by atoms with Gasteiger partial charge in [0.05, 0.1) is 0 Å². The van der Waals surface area contributed by atoms with E-state index in [1.165, 1.54) is 0 Å². The molecule has 0 bridgehead atoms. The molecule has 0 heterocycles. The minimum Gasteiger partial charge on any atom is -0.310 e. The van der Waals surface area contributed by atoms with Gasteiger partial charge in [-0.1, -0.05) is 144 Å². The lowest BCUT2D eigenvalue weighted by atomic mass is 9.83. The average Bonchev–Trinajstić information content (AvgIpc) is 3.38. The van der Waals surface area contributed by atoms with Crippen molar-refractivity contribution in [1.29, 1.82) is 0 Å². The van der Waals surface area contributed by atoms with Gasteiger partial charge in [0.15, 0.2) is 0 Å². The van der Waals surface area contributed by atoms with Crippen molar-refractivity contribution in [2.24, 2.45) is 0 Å². The van der Waals surface area contributed by atoms with Crippen molar-refractivity contribution in [3.05, 3.63) is 263 Å². The predicted molar refractivity (Wildman–Crippen MR) is 301 cm³/mol. The van der Waals surface area contributed by atoms with Gasteiger partial charge in [-0.2, -0.15) is 0 Å². The van der Waals surface area contributed by atoms with Crippen LogP contribution < -0.4 is 9.80 Å². The Bertz CT molecular complexity index is 3470. The molecule has 0 fully saturated rings. The van der Waals surface area contributed by atoms with Gasteiger partial charge >= 0.3 is 0 Å². The van der Waals surface area contributed by atoms with Crippen LogP contribution in [0.25, 0.3) is 66.1 Å². The third kappa shape index (κ3) is 8.60. The van der Waals surface area contributed by atoms with Crippen molar-refractivity contribution < 1.29 is 8.78 Å². The normalized spacial score (nSPS) is 11.3. The zero-order chi connectivity index (χ0) is 49.6. The molecular weight excluding hydrogens is 883 g/mol. The summed E-state index contributed by atoms with van der Waals surface area (Å²) in [5, 5.41) is 3.29. The smallest absolute Gasteiger partial charge is 0.133 e. The van der Waals surface area contributed by atoms with Crippen LogP contribution in [0.5, 0.6) is 0 Å². The fourth-order valence-corrected chi connectivity index (χ4v) is 10.3. The number of hydrogen-bond acceptors (Lipinski definition) is 2. The fraction of sp³-hybridized carbons (Fsp3) is 0.0882. The van der Waals surface area contributed by atoms with Crippen LogP contribution in [0.1, 0.15) is 33.4 Å². The van der Waals surface area contributed by atoms with Gasteiger partial charge in [-0.15, -0.1) is 0 Å². The van der Waals surface area contributed by atoms with E-state index >= 15 is 8.78 Å². The summed E-state index contributed by atoms with van der Waals surface area (Å²) >= 11 is 0. The molecule has 350 valence electrons. The summed E-state index contributed by atoms with van der Waals surface area (Å²) in [5.41, 5.74) is 18.5. The maximum Gasteiger partial charge on any atom is 0.133 e. The van der Waals surface area contributed by atoms with Crippen LogP contribution in [-0.2, 0) is 0 Å². The summed E-state index contributed by atoms with van der Waals surface area (Å²) < 4.78 is 35.7. The summed E-state index contributed by atoms with van der Waals surface area (Å²) in [4.78, 5) is 4.20. The Morgan fingerprint density at radius 2 is 0.569 bits per heavy atom. The third-order valence-corrected chi connectivity index (χ3v) is 14.2. The summed E-state index contributed by atoms with van der Waals surface area (Å²) in [7, 11) is 0. The number of rotatable bonds is 10. The lowest BCUT2D eigenvalue weighted by Gasteiger charge is -2.27. The molecule has 0 unspecified atom stereocenters. The molecule has 0 aliphatic rings. The van der Waals surface area contributed by atoms with Gasteiger partial charge in [-0.25, -0.2) is 8.78 Å². The monoisotopic (exact) mass is 936 g/mol. The maximum absolute atomic E-state index is 17.8. The van der Waals surface area contributed by atoms with E-state index in [1.54, 1.807) is 12.1 Å². The molecule has 0 amide bonds. The van der Waals surface area contributed by atoms with Gasteiger partial charge in [-0.05, 0) is 194 Å². The number of benzene rings is 11. The van der Waals surface area contributed by atoms with Crippen molar-refractivity contribution in [2.45, 2.75) is 41.5 Å². The third-order valence-electron chi connectivity index (χ3n) is 14.2. The molecule has 0 saturated carbocycles. The second-order valence-corrected chi connectivity index (χ2v) is 19.2. The average molecular weight is 937 g/mol. The number of anilines is 6. The molecule has 0 N–H and O–H groups in total. The van der Waals surface area contributed by atoms with Crippen molar-refractivity contribution >= 4 is 55.7 Å². The SMILES string of the molecule is Cc1ccc(N(c2ccc(C)cc2)c2ccc(-c3c4ccc(-c5ccccc5C)cc4c(-c4ccc(N(c5ccc(C)cc5)c5ccc(C)cc5)cc4F)c4ccc(-c5ccccc5C)cc34)c(F)c2)cc1. The van der Waals surface area contributed by atoms with Gasteiger partial charge in [0.25, 0.3) is 0 Å². The highest BCUT2D eigenvalue weighted by molar-refractivity contribution is 6.22. The number of aryl methyl sites for hydroxylation is 6. The second-order valence-electron chi connectivity index (χ2n) is 19.2. The Morgan fingerprint density at radius 3 is 0.875 bits per heavy atom. The largest absolute Gasteiger partial charge is 0.310 e. The Morgan fingerprint density at radius 1 is 0.264 bits per heavy atom. The summed E-state index contributed by atoms with van der Waals surface area (Å²) in [6.07, 6.45) is 0. The van der Waals surface area contributed by atoms with Gasteiger partial charge in [0.2, 0.25) is 0 Å². The molecule has 11 rings (SSSR count). The summed E-state index contributed by atoms with van der Waals surface area (Å²) in [6.45, 7) is 12.5. The summed E-state index contributed by atoms with van der Waals surface area (Å²) in [5.74, 6) is -0.724. The van der Waals surface area contributed by atoms with Crippen LogP contribution in [0.2, 0.25) is 0 Å². The van der Waals surface area contributed by atoms with Crippen molar-refractivity contribution in [3.63, 3.8) is 0 Å².